The third-order valence-corrected chi connectivity index (χ3v) is 6.47. The fourth-order valence-corrected chi connectivity index (χ4v) is 4.87. The normalized spacial score (nSPS) is 16.6. The number of aryl methyl sites for hydroxylation is 2. The van der Waals surface area contributed by atoms with E-state index in [1.165, 1.54) is 6.07 Å². The Hall–Kier alpha value is -3.59. The highest BCUT2D eigenvalue weighted by atomic mass is 16.5. The number of nitrogens with zero attached hydrogens (tertiary/aromatic N) is 4. The maximum absolute atomic E-state index is 13.2. The van der Waals surface area contributed by atoms with Gasteiger partial charge in [-0.15, -0.1) is 0 Å². The van der Waals surface area contributed by atoms with Crippen LogP contribution < -0.4 is 16.0 Å². The van der Waals surface area contributed by atoms with E-state index in [2.05, 4.69) is 4.98 Å². The summed E-state index contributed by atoms with van der Waals surface area (Å²) in [6.07, 6.45) is 1.84. The molecule has 1 amide bonds. The molecule has 0 bridgehead atoms. The van der Waals surface area contributed by atoms with Gasteiger partial charge in [0.25, 0.3) is 5.91 Å². The minimum Gasteiger partial charge on any atom is -0.494 e. The third kappa shape index (κ3) is 3.48. The second-order valence-electron chi connectivity index (χ2n) is 8.59. The molecule has 1 aliphatic heterocycles. The van der Waals surface area contributed by atoms with Crippen LogP contribution in [-0.2, 0) is 13.6 Å². The quantitative estimate of drug-likeness (QED) is 0.498. The number of piperidine rings is 1. The molecule has 1 fully saturated rings. The van der Waals surface area contributed by atoms with Crippen molar-refractivity contribution in [3.63, 3.8) is 0 Å². The molecule has 172 valence electrons. The first-order valence-corrected chi connectivity index (χ1v) is 11.2. The maximum atomic E-state index is 13.2. The topological polar surface area (TPSA) is 111 Å². The lowest BCUT2D eigenvalue weighted by Gasteiger charge is -2.30. The van der Waals surface area contributed by atoms with Gasteiger partial charge >= 0.3 is 0 Å². The van der Waals surface area contributed by atoms with Crippen LogP contribution >= 0.6 is 0 Å². The second-order valence-corrected chi connectivity index (χ2v) is 8.59. The van der Waals surface area contributed by atoms with E-state index < -0.39 is 0 Å². The highest BCUT2D eigenvalue weighted by molar-refractivity contribution is 6.00. The number of aromatic nitrogens is 4. The summed E-state index contributed by atoms with van der Waals surface area (Å²) < 4.78 is 9.68. The Balaban J connectivity index is 1.66. The molecule has 0 aliphatic carbocycles. The minimum atomic E-state index is -0.144. The van der Waals surface area contributed by atoms with Crippen LogP contribution in [0.3, 0.4) is 0 Å². The lowest BCUT2D eigenvalue weighted by Crippen LogP contribution is -2.45. The van der Waals surface area contributed by atoms with E-state index >= 15 is 0 Å². The van der Waals surface area contributed by atoms with Gasteiger partial charge in [-0.05, 0) is 44.0 Å². The molecule has 0 saturated carbocycles. The zero-order chi connectivity index (χ0) is 23.3. The first-order valence-electron chi connectivity index (χ1n) is 11.2. The van der Waals surface area contributed by atoms with Crippen molar-refractivity contribution >= 4 is 28.0 Å². The number of nitrogens with two attached hydrogens (primary N) is 1. The number of H-pyrrole nitrogens is 1. The van der Waals surface area contributed by atoms with Crippen LogP contribution in [0.25, 0.3) is 33.6 Å². The van der Waals surface area contributed by atoms with Crippen molar-refractivity contribution in [1.29, 1.82) is 0 Å². The molecule has 4 aromatic rings. The van der Waals surface area contributed by atoms with E-state index in [-0.39, 0.29) is 17.5 Å². The molecule has 0 spiro atoms. The SMILES string of the molecule is CCn1c(-c2nc3cc(C(=O)N4CCCC(N)C4)cc(OC)c3n2C)cc2ccc(=O)[nH]c21. The van der Waals surface area contributed by atoms with Crippen LogP contribution in [0.5, 0.6) is 5.75 Å². The summed E-state index contributed by atoms with van der Waals surface area (Å²) in [5.74, 6) is 1.26. The summed E-state index contributed by atoms with van der Waals surface area (Å²) in [4.78, 5) is 34.7. The lowest BCUT2D eigenvalue weighted by atomic mass is 10.0. The number of methoxy groups -OCH3 is 1. The average Bonchev–Trinajstić information content (AvgIpc) is 3.34. The highest BCUT2D eigenvalue weighted by Gasteiger charge is 2.25. The number of imidazole rings is 1. The zero-order valence-electron chi connectivity index (χ0n) is 19.1. The second kappa shape index (κ2) is 8.08. The Morgan fingerprint density at radius 3 is 2.85 bits per heavy atom. The zero-order valence-corrected chi connectivity index (χ0v) is 19.1. The largest absolute Gasteiger partial charge is 0.494 e. The molecule has 1 aliphatic rings. The van der Waals surface area contributed by atoms with Gasteiger partial charge in [0.15, 0.2) is 5.82 Å². The van der Waals surface area contributed by atoms with Crippen molar-refractivity contribution in [2.45, 2.75) is 32.4 Å². The fraction of sp³-hybridized carbons (Fsp3) is 0.375. The number of benzene rings is 1. The number of likely N-dealkylation sites (tertiary alicyclic amines) is 1. The van der Waals surface area contributed by atoms with Gasteiger partial charge in [-0.25, -0.2) is 4.98 Å². The first-order chi connectivity index (χ1) is 15.9. The Kier molecular flexibility index (Phi) is 5.20. The number of amides is 1. The molecular formula is C24H28N6O3. The number of fused-ring (bicyclic) bond motifs is 2. The summed E-state index contributed by atoms with van der Waals surface area (Å²) in [5.41, 5.74) is 9.61. The van der Waals surface area contributed by atoms with Gasteiger partial charge in [-0.2, -0.15) is 0 Å². The van der Waals surface area contributed by atoms with Crippen LogP contribution in [0.15, 0.2) is 35.1 Å². The van der Waals surface area contributed by atoms with Crippen molar-refractivity contribution in [3.05, 3.63) is 46.2 Å². The molecule has 9 heteroatoms. The van der Waals surface area contributed by atoms with Gasteiger partial charge < -0.3 is 29.5 Å². The number of carbonyl (C=O) groups is 1. The number of hydrogen-bond acceptors (Lipinski definition) is 5. The van der Waals surface area contributed by atoms with Gasteiger partial charge in [0, 0.05) is 49.7 Å². The number of ether oxygens (including phenoxy) is 1. The van der Waals surface area contributed by atoms with E-state index in [0.717, 1.165) is 40.9 Å². The molecule has 9 nitrogen and oxygen atoms in total. The van der Waals surface area contributed by atoms with Crippen LogP contribution in [0.1, 0.15) is 30.1 Å². The van der Waals surface area contributed by atoms with E-state index in [4.69, 9.17) is 15.5 Å². The highest BCUT2D eigenvalue weighted by Crippen LogP contribution is 2.34. The number of rotatable bonds is 4. The summed E-state index contributed by atoms with van der Waals surface area (Å²) in [6.45, 7) is 3.95. The molecule has 33 heavy (non-hydrogen) atoms. The standard InChI is InChI=1S/C24H28N6O3/c1-4-30-18(11-14-7-8-20(31)27-22(14)30)23-26-17-10-15(12-19(33-3)21(17)28(23)2)24(32)29-9-5-6-16(25)13-29/h7-8,10-12,16H,4-6,9,13,25H2,1-3H3,(H,27,31). The molecule has 3 aromatic heterocycles. The van der Waals surface area contributed by atoms with Gasteiger partial charge in [0.2, 0.25) is 5.56 Å². The Labute approximate surface area is 190 Å². The van der Waals surface area contributed by atoms with Gasteiger partial charge in [0.05, 0.1) is 18.3 Å². The fourth-order valence-electron chi connectivity index (χ4n) is 4.87. The predicted octanol–water partition coefficient (Wildman–Crippen LogP) is 2.48. The molecular weight excluding hydrogens is 420 g/mol. The van der Waals surface area contributed by atoms with Crippen molar-refractivity contribution in [1.82, 2.24) is 24.0 Å². The van der Waals surface area contributed by atoms with Crippen LogP contribution in [-0.4, -0.2) is 56.2 Å². The molecule has 1 aromatic carbocycles. The van der Waals surface area contributed by atoms with Gasteiger partial charge in [-0.3, -0.25) is 9.59 Å². The van der Waals surface area contributed by atoms with Crippen LogP contribution in [0.2, 0.25) is 0 Å². The number of carbonyl (C=O) groups excluding carboxylic acids is 1. The minimum absolute atomic E-state index is 0.0113. The van der Waals surface area contributed by atoms with E-state index in [1.54, 1.807) is 13.2 Å². The molecule has 3 N–H and O–H groups in total. The Morgan fingerprint density at radius 2 is 2.12 bits per heavy atom. The van der Waals surface area contributed by atoms with E-state index in [1.807, 2.05) is 46.2 Å². The van der Waals surface area contributed by atoms with Gasteiger partial charge in [0.1, 0.15) is 16.9 Å². The summed E-state index contributed by atoms with van der Waals surface area (Å²) in [5, 5.41) is 0.933. The van der Waals surface area contributed by atoms with Crippen molar-refractivity contribution in [2.75, 3.05) is 20.2 Å². The number of hydrogen-bond donors (Lipinski definition) is 2. The monoisotopic (exact) mass is 448 g/mol. The third-order valence-electron chi connectivity index (χ3n) is 6.47. The maximum Gasteiger partial charge on any atom is 0.254 e. The number of nitrogens with one attached hydrogen (secondary N) is 1. The number of pyridine rings is 1. The van der Waals surface area contributed by atoms with Crippen LogP contribution in [0.4, 0.5) is 0 Å². The predicted molar refractivity (Wildman–Crippen MR) is 128 cm³/mol. The summed E-state index contributed by atoms with van der Waals surface area (Å²) in [7, 11) is 3.53. The van der Waals surface area contributed by atoms with E-state index in [0.29, 0.717) is 36.5 Å². The molecule has 1 unspecified atom stereocenters. The first kappa shape index (κ1) is 21.3. The molecule has 0 radical (unpaired) electrons. The Morgan fingerprint density at radius 1 is 1.30 bits per heavy atom. The average molecular weight is 449 g/mol. The van der Waals surface area contributed by atoms with Gasteiger partial charge in [-0.1, -0.05) is 0 Å². The van der Waals surface area contributed by atoms with E-state index in [9.17, 15) is 9.59 Å². The molecule has 5 rings (SSSR count). The molecule has 4 heterocycles. The Bertz CT molecular complexity index is 1430. The summed E-state index contributed by atoms with van der Waals surface area (Å²) >= 11 is 0. The van der Waals surface area contributed by atoms with Crippen molar-refractivity contribution in [3.8, 4) is 17.3 Å². The summed E-state index contributed by atoms with van der Waals surface area (Å²) in [6, 6.07) is 8.97. The van der Waals surface area contributed by atoms with Crippen molar-refractivity contribution in [2.24, 2.45) is 12.8 Å². The van der Waals surface area contributed by atoms with Crippen LogP contribution in [0, 0.1) is 0 Å². The number of aromatic amines is 1. The molecule has 1 atom stereocenters. The smallest absolute Gasteiger partial charge is 0.254 e. The van der Waals surface area contributed by atoms with Crippen molar-refractivity contribution < 1.29 is 9.53 Å². The lowest BCUT2D eigenvalue weighted by molar-refractivity contribution is 0.0708. The molecule has 1 saturated heterocycles.